The van der Waals surface area contributed by atoms with Crippen LogP contribution in [0, 0.1) is 5.41 Å². The molecule has 2 atom stereocenters. The Morgan fingerprint density at radius 1 is 0.276 bits per heavy atom. The van der Waals surface area contributed by atoms with Gasteiger partial charge in [0.05, 0.1) is 5.41 Å². The summed E-state index contributed by atoms with van der Waals surface area (Å²) in [6, 6.07) is 119. The molecule has 15 rings (SSSR count). The van der Waals surface area contributed by atoms with E-state index in [0.717, 1.165) is 62.6 Å². The van der Waals surface area contributed by atoms with E-state index in [2.05, 4.69) is 374 Å². The fourth-order valence-corrected chi connectivity index (χ4v) is 14.9. The first-order valence-electron chi connectivity index (χ1n) is 30.4. The van der Waals surface area contributed by atoms with Gasteiger partial charge in [-0.25, -0.2) is 0 Å². The molecule has 0 heterocycles. The van der Waals surface area contributed by atoms with Gasteiger partial charge in [0.25, 0.3) is 0 Å². The summed E-state index contributed by atoms with van der Waals surface area (Å²) in [5.74, 6) is 0. The number of allylic oxidation sites excluding steroid dienone is 3. The number of hydrogen-bond acceptors (Lipinski definition) is 4. The molecule has 0 saturated carbocycles. The zero-order valence-electron chi connectivity index (χ0n) is 49.3. The molecule has 3 aliphatic carbocycles. The maximum atomic E-state index is 2.68. The summed E-state index contributed by atoms with van der Waals surface area (Å²) in [5, 5.41) is 0. The fraction of sp³-hybridized carbons (Fsp3) is 0.0843. The van der Waals surface area contributed by atoms with E-state index in [1.54, 1.807) is 0 Å². The molecule has 0 aromatic heterocycles. The van der Waals surface area contributed by atoms with Crippen molar-refractivity contribution in [3.05, 3.63) is 373 Å². The molecular formula is C83H66N4. The van der Waals surface area contributed by atoms with Crippen molar-refractivity contribution < 1.29 is 0 Å². The van der Waals surface area contributed by atoms with Gasteiger partial charge < -0.3 is 19.6 Å². The van der Waals surface area contributed by atoms with Gasteiger partial charge in [0.15, 0.2) is 0 Å². The zero-order chi connectivity index (χ0) is 58.5. The van der Waals surface area contributed by atoms with Gasteiger partial charge in [0.2, 0.25) is 0 Å². The molecule has 2 unspecified atom stereocenters. The van der Waals surface area contributed by atoms with Gasteiger partial charge in [-0.3, -0.25) is 0 Å². The van der Waals surface area contributed by atoms with Crippen LogP contribution < -0.4 is 19.6 Å². The van der Waals surface area contributed by atoms with E-state index in [1.165, 1.54) is 55.8 Å². The minimum absolute atomic E-state index is 0.401. The van der Waals surface area contributed by atoms with Crippen LogP contribution in [0.15, 0.2) is 345 Å². The molecule has 12 aromatic rings. The molecule has 4 heteroatoms. The number of para-hydroxylation sites is 8. The molecule has 0 fully saturated rings. The molecule has 87 heavy (non-hydrogen) atoms. The molecule has 3 aliphatic rings. The van der Waals surface area contributed by atoms with Crippen LogP contribution >= 0.6 is 0 Å². The van der Waals surface area contributed by atoms with E-state index < -0.39 is 16.2 Å². The molecule has 4 nitrogen and oxygen atoms in total. The maximum Gasteiger partial charge on any atom is 0.0560 e. The average molecular weight is 1120 g/mol. The largest absolute Gasteiger partial charge is 0.314 e. The zero-order valence-corrected chi connectivity index (χ0v) is 49.3. The Labute approximate surface area is 512 Å². The van der Waals surface area contributed by atoms with E-state index in [4.69, 9.17) is 0 Å². The third-order valence-electron chi connectivity index (χ3n) is 18.4. The van der Waals surface area contributed by atoms with Gasteiger partial charge in [0.1, 0.15) is 0 Å². The van der Waals surface area contributed by atoms with Crippen LogP contribution in [0.5, 0.6) is 0 Å². The van der Waals surface area contributed by atoms with Crippen LogP contribution in [0.2, 0.25) is 0 Å². The van der Waals surface area contributed by atoms with Crippen molar-refractivity contribution in [1.29, 1.82) is 0 Å². The summed E-state index contributed by atoms with van der Waals surface area (Å²) in [5.41, 5.74) is 22.5. The van der Waals surface area contributed by atoms with Crippen LogP contribution in [-0.4, -0.2) is 0 Å². The Kier molecular flexibility index (Phi) is 13.3. The quantitative estimate of drug-likeness (QED) is 0.108. The van der Waals surface area contributed by atoms with Gasteiger partial charge >= 0.3 is 0 Å². The first-order chi connectivity index (χ1) is 42.8. The van der Waals surface area contributed by atoms with Gasteiger partial charge in [0, 0.05) is 79.1 Å². The first kappa shape index (κ1) is 53.1. The first-order valence-corrected chi connectivity index (χ1v) is 30.4. The number of rotatable bonds is 14. The Balaban J connectivity index is 1.13. The molecule has 0 saturated heterocycles. The number of benzene rings is 12. The Bertz CT molecular complexity index is 4250. The van der Waals surface area contributed by atoms with Gasteiger partial charge in [-0.2, -0.15) is 0 Å². The topological polar surface area (TPSA) is 13.0 Å². The Morgan fingerprint density at radius 3 is 1.00 bits per heavy atom. The van der Waals surface area contributed by atoms with E-state index in [-0.39, 0.29) is 0 Å². The van der Waals surface area contributed by atoms with Crippen molar-refractivity contribution in [2.75, 3.05) is 19.6 Å². The van der Waals surface area contributed by atoms with Gasteiger partial charge in [-0.05, 0) is 178 Å². The lowest BCUT2D eigenvalue weighted by atomic mass is 9.52. The highest BCUT2D eigenvalue weighted by Crippen LogP contribution is 2.69. The minimum atomic E-state index is -0.921. The highest BCUT2D eigenvalue weighted by Gasteiger charge is 2.60. The summed E-state index contributed by atoms with van der Waals surface area (Å²) in [4.78, 5) is 9.92. The molecule has 0 amide bonds. The molecule has 0 N–H and O–H groups in total. The molecule has 0 spiro atoms. The van der Waals surface area contributed by atoms with E-state index in [0.29, 0.717) is 6.42 Å². The second-order valence-electron chi connectivity index (χ2n) is 23.9. The number of nitrogens with zero attached hydrogens (tertiary/aromatic N) is 4. The van der Waals surface area contributed by atoms with Crippen molar-refractivity contribution in [2.45, 2.75) is 38.0 Å². The SMILES string of the molecule is CC1(C)c2ccccc2-c2ccc3c(c21)C(c1cc(N(c2ccccc2)c2ccccc2)cc(N(c2ccccc2)c2ccccc2)c1)(C1(C)C=C(N(c2ccccc2)c2ccccc2)C=C(N(c2ccccc2)c2ccccc2)C1)c1ccccc1-3. The molecule has 0 aliphatic heterocycles. The van der Waals surface area contributed by atoms with Crippen molar-refractivity contribution >= 4 is 56.9 Å². The van der Waals surface area contributed by atoms with E-state index in [1.807, 2.05) is 0 Å². The van der Waals surface area contributed by atoms with E-state index in [9.17, 15) is 0 Å². The Hall–Kier alpha value is -10.7. The summed E-state index contributed by atoms with van der Waals surface area (Å²) < 4.78 is 0. The summed E-state index contributed by atoms with van der Waals surface area (Å²) >= 11 is 0. The maximum absolute atomic E-state index is 2.68. The molecule has 418 valence electrons. The van der Waals surface area contributed by atoms with Crippen LogP contribution in [0.25, 0.3) is 22.3 Å². The third kappa shape index (κ3) is 8.90. The normalized spacial score (nSPS) is 16.7. The summed E-state index contributed by atoms with van der Waals surface area (Å²) in [6.07, 6.45) is 5.80. The lowest BCUT2D eigenvalue weighted by Gasteiger charge is -2.52. The molecule has 0 radical (unpaired) electrons. The highest BCUT2D eigenvalue weighted by molar-refractivity contribution is 5.95. The second kappa shape index (κ2) is 21.7. The van der Waals surface area contributed by atoms with Crippen molar-refractivity contribution in [3.63, 3.8) is 0 Å². The number of anilines is 10. The van der Waals surface area contributed by atoms with Crippen molar-refractivity contribution in [2.24, 2.45) is 5.41 Å². The van der Waals surface area contributed by atoms with Gasteiger partial charge in [-0.15, -0.1) is 0 Å². The van der Waals surface area contributed by atoms with Crippen LogP contribution in [0.4, 0.5) is 56.9 Å². The Morgan fingerprint density at radius 2 is 0.598 bits per heavy atom. The van der Waals surface area contributed by atoms with E-state index >= 15 is 0 Å². The predicted octanol–water partition coefficient (Wildman–Crippen LogP) is 22.1. The number of fused-ring (bicyclic) bond motifs is 7. The fourth-order valence-electron chi connectivity index (χ4n) is 14.9. The monoisotopic (exact) mass is 1120 g/mol. The standard InChI is InChI=1S/C83H66N4/c1-81(2)77-50-30-28-48-73(77)75-52-53-76-74-49-29-31-51-78(74)83(80(76)79(75)81,60-54-69(84(61-32-12-4-13-33-61)62-34-14-5-15-35-62)56-70(55-60)85(63-36-16-6-17-37-63)64-38-18-7-19-39-64)82(3)58-71(86(65-40-20-8-21-41-65)66-42-22-9-23-43-66)57-72(59-82)87(67-44-24-10-25-45-67)68-46-26-11-27-47-68/h4-58H,59H2,1-3H3. The highest BCUT2D eigenvalue weighted by atomic mass is 15.2. The summed E-state index contributed by atoms with van der Waals surface area (Å²) in [6.45, 7) is 7.54. The predicted molar refractivity (Wildman–Crippen MR) is 364 cm³/mol. The lowest BCUT2D eigenvalue weighted by Crippen LogP contribution is -2.47. The molecule has 12 aromatic carbocycles. The lowest BCUT2D eigenvalue weighted by molar-refractivity contribution is 0.280. The van der Waals surface area contributed by atoms with Crippen molar-refractivity contribution in [1.82, 2.24) is 0 Å². The average Bonchev–Trinajstić information content (AvgIpc) is 1.55. The second-order valence-corrected chi connectivity index (χ2v) is 23.9. The van der Waals surface area contributed by atoms with Crippen LogP contribution in [0.3, 0.4) is 0 Å². The summed E-state index contributed by atoms with van der Waals surface area (Å²) in [7, 11) is 0. The minimum Gasteiger partial charge on any atom is -0.314 e. The third-order valence-corrected chi connectivity index (χ3v) is 18.4. The smallest absolute Gasteiger partial charge is 0.0560 e. The van der Waals surface area contributed by atoms with Crippen molar-refractivity contribution in [3.8, 4) is 22.3 Å². The number of hydrogen-bond donors (Lipinski definition) is 0. The van der Waals surface area contributed by atoms with Crippen LogP contribution in [-0.2, 0) is 10.8 Å². The molecular weight excluding hydrogens is 1050 g/mol. The van der Waals surface area contributed by atoms with Gasteiger partial charge in [-0.1, -0.05) is 233 Å². The van der Waals surface area contributed by atoms with Crippen LogP contribution in [0.1, 0.15) is 55.0 Å². The molecule has 0 bridgehead atoms.